The number of hydrogen-bond acceptors (Lipinski definition) is 14. The van der Waals surface area contributed by atoms with Crippen LogP contribution in [0.15, 0.2) is 430 Å². The van der Waals surface area contributed by atoms with Crippen molar-refractivity contribution >= 4 is 142 Å². The third-order valence-electron chi connectivity index (χ3n) is 21.0. The number of carbonyl (C=O) groups excluding carboxylic acids is 3. The summed E-state index contributed by atoms with van der Waals surface area (Å²) in [5, 5.41) is 27.5. The fourth-order valence-corrected chi connectivity index (χ4v) is 23.2. The maximum Gasteiger partial charge on any atom is 0.498 e. The third kappa shape index (κ3) is 32.8. The molecule has 1 aliphatic heterocycles. The van der Waals surface area contributed by atoms with Crippen LogP contribution in [0.3, 0.4) is 0 Å². The fourth-order valence-electron chi connectivity index (χ4n) is 13.6. The molecule has 1 aliphatic rings. The Balaban J connectivity index is 0.000000164. The Morgan fingerprint density at radius 1 is 0.397 bits per heavy atom. The molecular weight excluding hydrogens is 1920 g/mol. The predicted molar refractivity (Wildman–Crippen MR) is 569 cm³/mol. The van der Waals surface area contributed by atoms with Gasteiger partial charge in [0.05, 0.1) is 47.2 Å². The molecule has 0 bridgehead atoms. The number of aromatic amines is 1. The van der Waals surface area contributed by atoms with Crippen molar-refractivity contribution in [3.8, 4) is 22.6 Å². The van der Waals surface area contributed by atoms with Crippen LogP contribution >= 0.6 is 47.6 Å². The fraction of sp³-hybridized carbons (Fsp3) is 0.177. The number of benzene rings is 14. The number of rotatable bonds is 24. The summed E-state index contributed by atoms with van der Waals surface area (Å²) in [7, 11) is 8.30. The molecule has 0 atom stereocenters. The Kier molecular flexibility index (Phi) is 42.9. The molecule has 1 fully saturated rings. The summed E-state index contributed by atoms with van der Waals surface area (Å²) in [5.41, 5.74) is 2.02. The summed E-state index contributed by atoms with van der Waals surface area (Å²) in [6.45, 7) is 16.0. The molecule has 3 heterocycles. The SMILES string of the molecule is CC(C)(C)OC(=O)n1cc(B2OC(C)(C)C(C)(C)O2)cn1.COC(=O)c1ccc(-c2cn[nH]c2)c(OCCN(C)C)c1.COC(=O)c1ccc(Br)c(OCCN(C)C)c1.[Pd].c1ccc(P(c2ccccc2)c2ccccc2)cc1.c1ccc(P(c2ccccc2)c2ccccc2)cc1.c1ccc(P(c2ccccc2)c2ccccc2)cc1.c1ccc(P(c2ccccc2)c2ccccc2)cc1. The van der Waals surface area contributed by atoms with E-state index in [0.29, 0.717) is 41.3 Å². The number of esters is 2. The molecule has 16 aromatic rings. The Morgan fingerprint density at radius 2 is 0.662 bits per heavy atom. The molecule has 136 heavy (non-hydrogen) atoms. The molecule has 14 aromatic carbocycles. The van der Waals surface area contributed by atoms with Gasteiger partial charge in [-0.2, -0.15) is 14.9 Å². The number of halogens is 1. The quantitative estimate of drug-likeness (QED) is 0.0262. The second-order valence-corrected chi connectivity index (χ2v) is 43.0. The summed E-state index contributed by atoms with van der Waals surface area (Å²) in [4.78, 5) is 39.0. The standard InChI is InChI=1S/4C18H15P.C15H19N3O3.C14H23BN2O4.C12H16BrNO3.Pd/c4*1-4-10-16(11-5-1)19(17-12-6-2-7-13-17)18-14-8-3-9-15-18;1-18(2)6-7-21-14-8-11(15(19)20-3)4-5-13(14)12-9-16-17-10-12;1-12(2,3)19-11(18)17-9-10(8-16-17)15-20-13(4,5)14(6,7)21-15;1-14(2)6-7-17-11-8-9(12(15)16-3)4-5-10(11)13;/h4*1-15H;4-5,8-10H,6-7H2,1-3H3,(H,16,17);8-9H,1-7H3;4-5,8H,6-7H2,1-3H3;. The van der Waals surface area contributed by atoms with Gasteiger partial charge >= 0.3 is 25.2 Å². The molecule has 0 saturated carbocycles. The zero-order chi connectivity index (χ0) is 95.8. The summed E-state index contributed by atoms with van der Waals surface area (Å²) < 4.78 is 39.9. The topological polar surface area (TPSA) is 169 Å². The summed E-state index contributed by atoms with van der Waals surface area (Å²) in [6.07, 6.45) is 6.12. The number of carbonyl (C=O) groups is 3. The normalized spacial score (nSPS) is 12.0. The average Bonchev–Trinajstić information content (AvgIpc) is 1.62. The molecule has 0 spiro atoms. The molecule has 1 saturated heterocycles. The average molecular weight is 2040 g/mol. The van der Waals surface area contributed by atoms with E-state index in [1.165, 1.54) is 77.9 Å². The van der Waals surface area contributed by atoms with Crippen molar-refractivity contribution in [2.45, 2.75) is 65.3 Å². The zero-order valence-corrected chi connectivity index (χ0v) is 85.8. The Labute approximate surface area is 830 Å². The van der Waals surface area contributed by atoms with Crippen molar-refractivity contribution < 1.29 is 67.8 Å². The maximum absolute atomic E-state index is 11.9. The molecule has 700 valence electrons. The minimum absolute atomic E-state index is 0. The first kappa shape index (κ1) is 106. The number of ether oxygens (including phenoxy) is 5. The van der Waals surface area contributed by atoms with E-state index < -0.39 is 61.7 Å². The molecule has 16 nitrogen and oxygen atoms in total. The van der Waals surface area contributed by atoms with Crippen LogP contribution in [0.2, 0.25) is 0 Å². The number of nitrogens with one attached hydrogen (secondary N) is 1. The first-order valence-electron chi connectivity index (χ1n) is 44.5. The zero-order valence-electron chi connectivity index (χ0n) is 79.1. The van der Waals surface area contributed by atoms with E-state index in [1.807, 2.05) is 92.5 Å². The van der Waals surface area contributed by atoms with Gasteiger partial charge in [-0.1, -0.05) is 364 Å². The number of nitrogens with zero attached hydrogens (tertiary/aromatic N) is 5. The summed E-state index contributed by atoms with van der Waals surface area (Å²) in [6, 6.07) is 140. The largest absolute Gasteiger partial charge is 0.498 e. The van der Waals surface area contributed by atoms with E-state index in [-0.39, 0.29) is 32.4 Å². The first-order chi connectivity index (χ1) is 65.4. The maximum atomic E-state index is 11.9. The molecule has 1 N–H and O–H groups in total. The monoisotopic (exact) mass is 2040 g/mol. The third-order valence-corrected chi connectivity index (χ3v) is 31.5. The van der Waals surface area contributed by atoms with Crippen LogP contribution in [-0.2, 0) is 43.9 Å². The number of methoxy groups -OCH3 is 2. The van der Waals surface area contributed by atoms with Gasteiger partial charge in [0.25, 0.3) is 0 Å². The van der Waals surface area contributed by atoms with Gasteiger partial charge in [-0.3, -0.25) is 5.10 Å². The van der Waals surface area contributed by atoms with Crippen molar-refractivity contribution in [2.75, 3.05) is 68.7 Å². The number of likely N-dealkylation sites (N-methyl/N-ethyl adjacent to an activating group) is 2. The van der Waals surface area contributed by atoms with E-state index >= 15 is 0 Å². The summed E-state index contributed by atoms with van der Waals surface area (Å²) >= 11 is 3.38. The first-order valence-corrected chi connectivity index (χ1v) is 50.6. The van der Waals surface area contributed by atoms with Crippen LogP contribution < -0.4 is 78.6 Å². The van der Waals surface area contributed by atoms with Gasteiger partial charge in [-0.15, -0.1) is 0 Å². The number of aromatic nitrogens is 4. The van der Waals surface area contributed by atoms with Crippen LogP contribution in [0.1, 0.15) is 69.2 Å². The van der Waals surface area contributed by atoms with E-state index in [9.17, 15) is 14.4 Å². The smallest absolute Gasteiger partial charge is 0.492 e. The molecule has 23 heteroatoms. The van der Waals surface area contributed by atoms with E-state index in [0.717, 1.165) is 33.4 Å². The van der Waals surface area contributed by atoms with Crippen molar-refractivity contribution in [3.63, 3.8) is 0 Å². The van der Waals surface area contributed by atoms with Crippen molar-refractivity contribution in [2.24, 2.45) is 0 Å². The van der Waals surface area contributed by atoms with Crippen LogP contribution in [0, 0.1) is 0 Å². The molecule has 0 unspecified atom stereocenters. The molecule has 0 aliphatic carbocycles. The van der Waals surface area contributed by atoms with E-state index in [1.54, 1.807) is 55.1 Å². The van der Waals surface area contributed by atoms with Gasteiger partial charge in [0, 0.05) is 68.7 Å². The van der Waals surface area contributed by atoms with Crippen LogP contribution in [0.25, 0.3) is 11.1 Å². The van der Waals surface area contributed by atoms with Crippen LogP contribution in [-0.4, -0.2) is 140 Å². The Bertz CT molecular complexity index is 5290. The number of hydrogen-bond donors (Lipinski definition) is 1. The molecule has 0 radical (unpaired) electrons. The molecule has 2 aromatic heterocycles. The van der Waals surface area contributed by atoms with Gasteiger partial charge < -0.3 is 42.8 Å². The van der Waals surface area contributed by atoms with E-state index in [2.05, 4.69) is 400 Å². The second-order valence-electron chi connectivity index (χ2n) is 33.3. The minimum Gasteiger partial charge on any atom is -0.492 e. The minimum atomic E-state index is -0.562. The van der Waals surface area contributed by atoms with Crippen molar-refractivity contribution in [1.29, 1.82) is 0 Å². The summed E-state index contributed by atoms with van der Waals surface area (Å²) in [5.74, 6) is 0.539. The predicted octanol–water partition coefficient (Wildman–Crippen LogP) is 19.7. The molecule has 0 amide bonds. The second kappa shape index (κ2) is 54.9. The van der Waals surface area contributed by atoms with Crippen LogP contribution in [0.5, 0.6) is 11.5 Å². The Hall–Kier alpha value is -11.7. The van der Waals surface area contributed by atoms with Gasteiger partial charge in [-0.05, 0) is 224 Å². The molecule has 17 rings (SSSR count). The van der Waals surface area contributed by atoms with Crippen molar-refractivity contribution in [3.05, 3.63) is 441 Å². The van der Waals surface area contributed by atoms with Crippen LogP contribution in [0.4, 0.5) is 4.79 Å². The molecular formula is C113H118BBrN6O10P4Pd. The Morgan fingerprint density at radius 3 is 0.912 bits per heavy atom. The van der Waals surface area contributed by atoms with Crippen molar-refractivity contribution in [1.82, 2.24) is 29.8 Å². The van der Waals surface area contributed by atoms with Gasteiger partial charge in [0.2, 0.25) is 0 Å². The van der Waals surface area contributed by atoms with Gasteiger partial charge in [0.1, 0.15) is 30.3 Å². The van der Waals surface area contributed by atoms with E-state index in [4.69, 9.17) is 28.3 Å². The van der Waals surface area contributed by atoms with Gasteiger partial charge in [0.15, 0.2) is 0 Å². The number of H-pyrrole nitrogens is 1. The van der Waals surface area contributed by atoms with Gasteiger partial charge in [-0.25, -0.2) is 14.4 Å².